The molecule has 0 atom stereocenters. The predicted octanol–water partition coefficient (Wildman–Crippen LogP) is 3.77. The van der Waals surface area contributed by atoms with E-state index in [4.69, 9.17) is 16.3 Å². The van der Waals surface area contributed by atoms with E-state index < -0.39 is 5.97 Å². The van der Waals surface area contributed by atoms with Gasteiger partial charge in [0, 0.05) is 19.0 Å². The monoisotopic (exact) mass is 374 g/mol. The number of para-hydroxylation sites is 1. The SMILES string of the molecule is CN(Cc1ccsc1)C(=O)COC(=O)c1cc(Cl)nc2ccccc12. The number of halogens is 1. The van der Waals surface area contributed by atoms with Gasteiger partial charge in [0.05, 0.1) is 11.1 Å². The molecule has 0 N–H and O–H groups in total. The van der Waals surface area contributed by atoms with Crippen LogP contribution in [0.4, 0.5) is 0 Å². The third-order valence-electron chi connectivity index (χ3n) is 3.66. The second-order valence-electron chi connectivity index (χ2n) is 5.47. The fourth-order valence-corrected chi connectivity index (χ4v) is 3.23. The Hall–Kier alpha value is -2.44. The van der Waals surface area contributed by atoms with Crippen LogP contribution < -0.4 is 0 Å². The molecule has 1 aromatic carbocycles. The Kier molecular flexibility index (Phi) is 5.31. The fraction of sp³-hybridized carbons (Fsp3) is 0.167. The summed E-state index contributed by atoms with van der Waals surface area (Å²) in [6, 6.07) is 10.5. The van der Waals surface area contributed by atoms with E-state index in [-0.39, 0.29) is 17.7 Å². The van der Waals surface area contributed by atoms with E-state index in [9.17, 15) is 9.59 Å². The van der Waals surface area contributed by atoms with Crippen LogP contribution in [0.25, 0.3) is 10.9 Å². The van der Waals surface area contributed by atoms with Crippen molar-refractivity contribution in [3.8, 4) is 0 Å². The van der Waals surface area contributed by atoms with Crippen LogP contribution in [0.15, 0.2) is 47.2 Å². The molecule has 0 bridgehead atoms. The molecule has 0 saturated carbocycles. The first-order valence-electron chi connectivity index (χ1n) is 7.52. The van der Waals surface area contributed by atoms with Gasteiger partial charge in [-0.1, -0.05) is 29.8 Å². The van der Waals surface area contributed by atoms with Crippen LogP contribution in [-0.4, -0.2) is 35.4 Å². The molecule has 0 fully saturated rings. The molecule has 0 spiro atoms. The molecule has 2 aromatic heterocycles. The number of nitrogens with zero attached hydrogens (tertiary/aromatic N) is 2. The van der Waals surface area contributed by atoms with Crippen LogP contribution in [-0.2, 0) is 16.1 Å². The predicted molar refractivity (Wildman–Crippen MR) is 97.8 cm³/mol. The number of carbonyl (C=O) groups excluding carboxylic acids is 2. The minimum absolute atomic E-state index is 0.201. The summed E-state index contributed by atoms with van der Waals surface area (Å²) in [6.45, 7) is 0.150. The number of likely N-dealkylation sites (N-methyl/N-ethyl adjacent to an activating group) is 1. The van der Waals surface area contributed by atoms with Crippen LogP contribution in [0.5, 0.6) is 0 Å². The summed E-state index contributed by atoms with van der Waals surface area (Å²) in [6.07, 6.45) is 0. The largest absolute Gasteiger partial charge is 0.452 e. The Morgan fingerprint density at radius 3 is 2.84 bits per heavy atom. The maximum atomic E-state index is 12.4. The molecular formula is C18H15ClN2O3S. The third-order valence-corrected chi connectivity index (χ3v) is 4.58. The lowest BCUT2D eigenvalue weighted by Crippen LogP contribution is -2.30. The average Bonchev–Trinajstić information content (AvgIpc) is 3.11. The Labute approximate surface area is 153 Å². The fourth-order valence-electron chi connectivity index (χ4n) is 2.37. The van der Waals surface area contributed by atoms with Crippen molar-refractivity contribution < 1.29 is 14.3 Å². The summed E-state index contributed by atoms with van der Waals surface area (Å²) >= 11 is 7.54. The number of rotatable bonds is 5. The molecular weight excluding hydrogens is 360 g/mol. The van der Waals surface area contributed by atoms with Crippen molar-refractivity contribution in [3.63, 3.8) is 0 Å². The van der Waals surface area contributed by atoms with Gasteiger partial charge >= 0.3 is 5.97 Å². The van der Waals surface area contributed by atoms with E-state index >= 15 is 0 Å². The first kappa shape index (κ1) is 17.4. The molecule has 128 valence electrons. The summed E-state index contributed by atoms with van der Waals surface area (Å²) in [5, 5.41) is 4.76. The van der Waals surface area contributed by atoms with Gasteiger partial charge in [-0.3, -0.25) is 4.79 Å². The van der Waals surface area contributed by atoms with Crippen LogP contribution in [0.3, 0.4) is 0 Å². The van der Waals surface area contributed by atoms with Crippen molar-refractivity contribution in [2.75, 3.05) is 13.7 Å². The quantitative estimate of drug-likeness (QED) is 0.504. The van der Waals surface area contributed by atoms with Crippen molar-refractivity contribution in [2.24, 2.45) is 0 Å². The lowest BCUT2D eigenvalue weighted by atomic mass is 10.1. The van der Waals surface area contributed by atoms with E-state index in [1.165, 1.54) is 11.0 Å². The van der Waals surface area contributed by atoms with E-state index in [0.29, 0.717) is 23.0 Å². The Morgan fingerprint density at radius 2 is 2.08 bits per heavy atom. The van der Waals surface area contributed by atoms with Crippen LogP contribution in [0.1, 0.15) is 15.9 Å². The molecule has 5 nitrogen and oxygen atoms in total. The number of pyridine rings is 1. The van der Waals surface area contributed by atoms with Crippen molar-refractivity contribution >= 4 is 45.7 Å². The zero-order chi connectivity index (χ0) is 17.8. The lowest BCUT2D eigenvalue weighted by molar-refractivity contribution is -0.133. The summed E-state index contributed by atoms with van der Waals surface area (Å²) < 4.78 is 5.18. The zero-order valence-electron chi connectivity index (χ0n) is 13.4. The Balaban J connectivity index is 1.67. The second kappa shape index (κ2) is 7.63. The summed E-state index contributed by atoms with van der Waals surface area (Å²) in [5.41, 5.74) is 1.94. The number of fused-ring (bicyclic) bond motifs is 1. The van der Waals surface area contributed by atoms with Gasteiger partial charge in [0.2, 0.25) is 0 Å². The smallest absolute Gasteiger partial charge is 0.339 e. The average molecular weight is 375 g/mol. The molecule has 25 heavy (non-hydrogen) atoms. The maximum absolute atomic E-state index is 12.4. The summed E-state index contributed by atoms with van der Waals surface area (Å²) in [5.74, 6) is -0.873. The molecule has 0 aliphatic rings. The summed E-state index contributed by atoms with van der Waals surface area (Å²) in [4.78, 5) is 30.2. The van der Waals surface area contributed by atoms with Gasteiger partial charge in [0.15, 0.2) is 6.61 Å². The second-order valence-corrected chi connectivity index (χ2v) is 6.63. The highest BCUT2D eigenvalue weighted by Gasteiger charge is 2.17. The number of thiophene rings is 1. The number of ether oxygens (including phenoxy) is 1. The van der Waals surface area contributed by atoms with Crippen LogP contribution >= 0.6 is 22.9 Å². The number of benzene rings is 1. The van der Waals surface area contributed by atoms with E-state index in [1.807, 2.05) is 22.9 Å². The normalized spacial score (nSPS) is 10.6. The third kappa shape index (κ3) is 4.15. The van der Waals surface area contributed by atoms with Gasteiger partial charge < -0.3 is 9.64 Å². The van der Waals surface area contributed by atoms with Crippen molar-refractivity contribution in [2.45, 2.75) is 6.54 Å². The molecule has 3 aromatic rings. The van der Waals surface area contributed by atoms with Gasteiger partial charge in [0.25, 0.3) is 5.91 Å². The van der Waals surface area contributed by atoms with E-state index in [2.05, 4.69) is 4.98 Å². The van der Waals surface area contributed by atoms with E-state index in [1.54, 1.807) is 36.6 Å². The first-order valence-corrected chi connectivity index (χ1v) is 8.84. The molecule has 0 aliphatic heterocycles. The van der Waals surface area contributed by atoms with Gasteiger partial charge in [-0.25, -0.2) is 9.78 Å². The van der Waals surface area contributed by atoms with Crippen molar-refractivity contribution in [1.82, 2.24) is 9.88 Å². The Morgan fingerprint density at radius 1 is 1.28 bits per heavy atom. The molecule has 2 heterocycles. The molecule has 0 saturated heterocycles. The molecule has 3 rings (SSSR count). The highest BCUT2D eigenvalue weighted by atomic mass is 35.5. The van der Waals surface area contributed by atoms with Crippen LogP contribution in [0.2, 0.25) is 5.15 Å². The zero-order valence-corrected chi connectivity index (χ0v) is 15.0. The number of aromatic nitrogens is 1. The number of carbonyl (C=O) groups is 2. The molecule has 0 aliphatic carbocycles. The Bertz CT molecular complexity index is 912. The van der Waals surface area contributed by atoms with Gasteiger partial charge in [-0.15, -0.1) is 0 Å². The van der Waals surface area contributed by atoms with Crippen LogP contribution in [0, 0.1) is 0 Å². The van der Waals surface area contributed by atoms with Gasteiger partial charge in [0.1, 0.15) is 5.15 Å². The highest BCUT2D eigenvalue weighted by molar-refractivity contribution is 7.07. The summed E-state index contributed by atoms with van der Waals surface area (Å²) in [7, 11) is 1.67. The molecule has 7 heteroatoms. The number of hydrogen-bond donors (Lipinski definition) is 0. The van der Waals surface area contributed by atoms with Crippen molar-refractivity contribution in [3.05, 3.63) is 63.4 Å². The molecule has 0 radical (unpaired) electrons. The van der Waals surface area contributed by atoms with Gasteiger partial charge in [-0.2, -0.15) is 11.3 Å². The lowest BCUT2D eigenvalue weighted by Gasteiger charge is -2.16. The highest BCUT2D eigenvalue weighted by Crippen LogP contribution is 2.21. The minimum atomic E-state index is -0.599. The molecule has 1 amide bonds. The van der Waals surface area contributed by atoms with E-state index in [0.717, 1.165) is 5.56 Å². The van der Waals surface area contributed by atoms with Crippen molar-refractivity contribution in [1.29, 1.82) is 0 Å². The topological polar surface area (TPSA) is 59.5 Å². The maximum Gasteiger partial charge on any atom is 0.339 e. The molecule has 0 unspecified atom stereocenters. The standard InChI is InChI=1S/C18H15ClN2O3S/c1-21(9-12-6-7-25-11-12)17(22)10-24-18(23)14-8-16(19)20-15-5-3-2-4-13(14)15/h2-8,11H,9-10H2,1H3. The number of hydrogen-bond acceptors (Lipinski definition) is 5. The first-order chi connectivity index (χ1) is 12.0. The number of amides is 1. The van der Waals surface area contributed by atoms with Gasteiger partial charge in [-0.05, 0) is 34.5 Å². The minimum Gasteiger partial charge on any atom is -0.452 e. The number of esters is 1.